The van der Waals surface area contributed by atoms with E-state index in [0.29, 0.717) is 12.8 Å². The van der Waals surface area contributed by atoms with Crippen LogP contribution in [0, 0.1) is 12.3 Å². The third kappa shape index (κ3) is 7.86. The number of hydrogen-bond donors (Lipinski definition) is 1. The van der Waals surface area contributed by atoms with Crippen LogP contribution in [0.3, 0.4) is 0 Å². The number of nitrogens with one attached hydrogen (secondary N) is 1. The van der Waals surface area contributed by atoms with Gasteiger partial charge in [0.25, 0.3) is 0 Å². The summed E-state index contributed by atoms with van der Waals surface area (Å²) in [6.45, 7) is 1.92. The monoisotopic (exact) mass is 245 g/mol. The molecule has 1 atom stereocenters. The highest BCUT2D eigenvalue weighted by atomic mass is 79.9. The molecule has 0 fully saturated rings. The van der Waals surface area contributed by atoms with Gasteiger partial charge >= 0.3 is 0 Å². The average molecular weight is 246 g/mol. The Morgan fingerprint density at radius 1 is 1.62 bits per heavy atom. The van der Waals surface area contributed by atoms with Crippen LogP contribution in [0.1, 0.15) is 32.6 Å². The van der Waals surface area contributed by atoms with Crippen LogP contribution in [0.25, 0.3) is 0 Å². The number of terminal acetylenes is 1. The highest BCUT2D eigenvalue weighted by Gasteiger charge is 2.04. The van der Waals surface area contributed by atoms with Gasteiger partial charge in [-0.3, -0.25) is 4.79 Å². The van der Waals surface area contributed by atoms with E-state index >= 15 is 0 Å². The van der Waals surface area contributed by atoms with Gasteiger partial charge in [0.1, 0.15) is 0 Å². The molecular formula is C10H16BrNO. The lowest BCUT2D eigenvalue weighted by molar-refractivity contribution is -0.121. The number of hydrogen-bond acceptors (Lipinski definition) is 1. The summed E-state index contributed by atoms with van der Waals surface area (Å²) in [7, 11) is 0. The maximum absolute atomic E-state index is 11.2. The number of carbonyl (C=O) groups is 1. The summed E-state index contributed by atoms with van der Waals surface area (Å²) < 4.78 is 0. The fraction of sp³-hybridized carbons (Fsp3) is 0.700. The van der Waals surface area contributed by atoms with Gasteiger partial charge < -0.3 is 5.32 Å². The standard InChI is InChI=1S/C10H16BrNO/c1-3-6-9(2)12-10(13)7-4-5-8-11/h1,9H,4-8H2,2H3,(H,12,13). The molecule has 0 rings (SSSR count). The molecule has 0 aliphatic heterocycles. The highest BCUT2D eigenvalue weighted by Crippen LogP contribution is 1.99. The van der Waals surface area contributed by atoms with Crippen molar-refractivity contribution in [2.24, 2.45) is 0 Å². The lowest BCUT2D eigenvalue weighted by atomic mass is 10.2. The number of carbonyl (C=O) groups excluding carboxylic acids is 1. The summed E-state index contributed by atoms with van der Waals surface area (Å²) in [5.74, 6) is 2.62. The summed E-state index contributed by atoms with van der Waals surface area (Å²) in [5, 5.41) is 3.80. The lowest BCUT2D eigenvalue weighted by Crippen LogP contribution is -2.31. The van der Waals surface area contributed by atoms with Gasteiger partial charge in [0.2, 0.25) is 5.91 Å². The van der Waals surface area contributed by atoms with E-state index in [9.17, 15) is 4.79 Å². The van der Waals surface area contributed by atoms with Crippen LogP contribution >= 0.6 is 15.9 Å². The van der Waals surface area contributed by atoms with Crippen LogP contribution in [0.5, 0.6) is 0 Å². The summed E-state index contributed by atoms with van der Waals surface area (Å²) in [5.41, 5.74) is 0. The second-order valence-electron chi connectivity index (χ2n) is 3.02. The Bertz CT molecular complexity index is 186. The smallest absolute Gasteiger partial charge is 0.220 e. The van der Waals surface area contributed by atoms with E-state index in [1.165, 1.54) is 0 Å². The van der Waals surface area contributed by atoms with Crippen LogP contribution in [0.2, 0.25) is 0 Å². The van der Waals surface area contributed by atoms with Crippen LogP contribution in [0.15, 0.2) is 0 Å². The van der Waals surface area contributed by atoms with Gasteiger partial charge in [-0.25, -0.2) is 0 Å². The van der Waals surface area contributed by atoms with Crippen molar-refractivity contribution in [1.82, 2.24) is 5.32 Å². The van der Waals surface area contributed by atoms with Crippen molar-refractivity contribution in [2.75, 3.05) is 5.33 Å². The number of amides is 1. The topological polar surface area (TPSA) is 29.1 Å². The average Bonchev–Trinajstić information content (AvgIpc) is 2.05. The maximum atomic E-state index is 11.2. The Labute approximate surface area is 88.6 Å². The summed E-state index contributed by atoms with van der Waals surface area (Å²) in [6, 6.07) is 0.0986. The van der Waals surface area contributed by atoms with E-state index in [-0.39, 0.29) is 11.9 Å². The third-order valence-corrected chi connectivity index (χ3v) is 2.18. The molecule has 0 aromatic rings. The SMILES string of the molecule is C#CCC(C)NC(=O)CCCCBr. The first-order valence-corrected chi connectivity index (χ1v) is 5.61. The Morgan fingerprint density at radius 2 is 2.31 bits per heavy atom. The van der Waals surface area contributed by atoms with E-state index in [2.05, 4.69) is 27.2 Å². The Balaban J connectivity index is 3.45. The van der Waals surface area contributed by atoms with Gasteiger partial charge in [0.05, 0.1) is 0 Å². The predicted molar refractivity (Wildman–Crippen MR) is 58.7 cm³/mol. The van der Waals surface area contributed by atoms with Crippen molar-refractivity contribution in [3.05, 3.63) is 0 Å². The molecule has 0 spiro atoms. The van der Waals surface area contributed by atoms with E-state index in [1.54, 1.807) is 0 Å². The number of rotatable bonds is 6. The Morgan fingerprint density at radius 3 is 2.85 bits per heavy atom. The maximum Gasteiger partial charge on any atom is 0.220 e. The zero-order valence-corrected chi connectivity index (χ0v) is 9.56. The molecule has 3 heteroatoms. The molecule has 0 bridgehead atoms. The van der Waals surface area contributed by atoms with Crippen LogP contribution < -0.4 is 5.32 Å². The quantitative estimate of drug-likeness (QED) is 0.434. The molecule has 1 N–H and O–H groups in total. The predicted octanol–water partition coefficient (Wildman–Crippen LogP) is 2.08. The molecule has 2 nitrogen and oxygen atoms in total. The normalized spacial score (nSPS) is 11.8. The fourth-order valence-electron chi connectivity index (χ4n) is 0.955. The summed E-state index contributed by atoms with van der Waals surface area (Å²) >= 11 is 3.32. The third-order valence-electron chi connectivity index (χ3n) is 1.62. The van der Waals surface area contributed by atoms with Crippen molar-refractivity contribution >= 4 is 21.8 Å². The lowest BCUT2D eigenvalue weighted by Gasteiger charge is -2.10. The van der Waals surface area contributed by atoms with Crippen molar-refractivity contribution in [3.8, 4) is 12.3 Å². The second kappa shape index (κ2) is 8.12. The van der Waals surface area contributed by atoms with Crippen molar-refractivity contribution in [3.63, 3.8) is 0 Å². The van der Waals surface area contributed by atoms with Crippen LogP contribution in [-0.4, -0.2) is 17.3 Å². The molecule has 13 heavy (non-hydrogen) atoms. The first-order chi connectivity index (χ1) is 6.20. The molecule has 0 radical (unpaired) electrons. The fourth-order valence-corrected chi connectivity index (χ4v) is 1.35. The Kier molecular flexibility index (Phi) is 7.82. The van der Waals surface area contributed by atoms with Gasteiger partial charge in [-0.05, 0) is 19.8 Å². The highest BCUT2D eigenvalue weighted by molar-refractivity contribution is 9.09. The van der Waals surface area contributed by atoms with Crippen LogP contribution in [0.4, 0.5) is 0 Å². The first-order valence-electron chi connectivity index (χ1n) is 4.49. The molecule has 0 aliphatic carbocycles. The van der Waals surface area contributed by atoms with Crippen LogP contribution in [-0.2, 0) is 4.79 Å². The molecule has 74 valence electrons. The van der Waals surface area contributed by atoms with Gasteiger partial charge in [-0.1, -0.05) is 15.9 Å². The largest absolute Gasteiger partial charge is 0.353 e. The second-order valence-corrected chi connectivity index (χ2v) is 3.82. The molecule has 1 unspecified atom stereocenters. The Hall–Kier alpha value is -0.490. The van der Waals surface area contributed by atoms with Crippen molar-refractivity contribution in [2.45, 2.75) is 38.6 Å². The zero-order valence-electron chi connectivity index (χ0n) is 7.98. The minimum atomic E-state index is 0.0986. The summed E-state index contributed by atoms with van der Waals surface area (Å²) in [4.78, 5) is 11.2. The van der Waals surface area contributed by atoms with Gasteiger partial charge in [-0.2, -0.15) is 0 Å². The molecule has 0 aromatic carbocycles. The van der Waals surface area contributed by atoms with Gasteiger partial charge in [0, 0.05) is 24.2 Å². The molecule has 0 saturated heterocycles. The molecular weight excluding hydrogens is 230 g/mol. The van der Waals surface area contributed by atoms with Gasteiger partial charge in [-0.15, -0.1) is 12.3 Å². The molecule has 0 heterocycles. The van der Waals surface area contributed by atoms with Crippen molar-refractivity contribution in [1.29, 1.82) is 0 Å². The van der Waals surface area contributed by atoms with E-state index in [0.717, 1.165) is 18.2 Å². The first kappa shape index (κ1) is 12.5. The minimum absolute atomic E-state index is 0.0986. The van der Waals surface area contributed by atoms with Crippen molar-refractivity contribution < 1.29 is 4.79 Å². The number of unbranched alkanes of at least 4 members (excludes halogenated alkanes) is 1. The molecule has 1 amide bonds. The summed E-state index contributed by atoms with van der Waals surface area (Å²) in [6.07, 6.45) is 8.29. The zero-order chi connectivity index (χ0) is 10.1. The minimum Gasteiger partial charge on any atom is -0.353 e. The van der Waals surface area contributed by atoms with Gasteiger partial charge in [0.15, 0.2) is 0 Å². The van der Waals surface area contributed by atoms with E-state index < -0.39 is 0 Å². The number of alkyl halides is 1. The van der Waals surface area contributed by atoms with E-state index in [1.807, 2.05) is 6.92 Å². The van der Waals surface area contributed by atoms with E-state index in [4.69, 9.17) is 6.42 Å². The molecule has 0 saturated carbocycles. The number of halogens is 1. The molecule has 0 aromatic heterocycles. The molecule has 0 aliphatic rings.